The van der Waals surface area contributed by atoms with Crippen LogP contribution >= 0.6 is 0 Å². The lowest BCUT2D eigenvalue weighted by Crippen LogP contribution is -2.39. The SMILES string of the molecule is Nc1nc(N2CCC(C(F)(F)F)CC2)c(F)cc1F. The highest BCUT2D eigenvalue weighted by atomic mass is 19.4. The van der Waals surface area contributed by atoms with E-state index in [0.717, 1.165) is 0 Å². The number of aromatic nitrogens is 1. The molecule has 3 nitrogen and oxygen atoms in total. The average molecular weight is 281 g/mol. The van der Waals surface area contributed by atoms with Gasteiger partial charge in [0.2, 0.25) is 0 Å². The van der Waals surface area contributed by atoms with E-state index in [9.17, 15) is 22.0 Å². The standard InChI is InChI=1S/C11H12F5N3/c12-7-5-8(13)10(18-9(7)17)19-3-1-6(2-4-19)11(14,15)16/h5-6H,1-4H2,(H2,17,18). The minimum atomic E-state index is -4.24. The van der Waals surface area contributed by atoms with Crippen molar-refractivity contribution in [3.05, 3.63) is 17.7 Å². The number of hydrogen-bond donors (Lipinski definition) is 1. The van der Waals surface area contributed by atoms with Crippen molar-refractivity contribution >= 4 is 11.6 Å². The maximum atomic E-state index is 13.5. The molecule has 1 aromatic heterocycles. The zero-order valence-corrected chi connectivity index (χ0v) is 9.84. The Labute approximate surface area is 106 Å². The number of rotatable bonds is 1. The third-order valence-corrected chi connectivity index (χ3v) is 3.20. The number of nitrogens with zero attached hydrogens (tertiary/aromatic N) is 2. The molecule has 1 aromatic rings. The predicted molar refractivity (Wildman–Crippen MR) is 59.6 cm³/mol. The zero-order valence-electron chi connectivity index (χ0n) is 9.84. The fourth-order valence-corrected chi connectivity index (χ4v) is 2.11. The van der Waals surface area contributed by atoms with E-state index in [1.165, 1.54) is 4.90 Å². The van der Waals surface area contributed by atoms with Crippen LogP contribution in [-0.4, -0.2) is 24.2 Å². The fraction of sp³-hybridized carbons (Fsp3) is 0.545. The summed E-state index contributed by atoms with van der Waals surface area (Å²) in [7, 11) is 0. The van der Waals surface area contributed by atoms with Gasteiger partial charge in [-0.1, -0.05) is 0 Å². The van der Waals surface area contributed by atoms with Crippen molar-refractivity contribution < 1.29 is 22.0 Å². The summed E-state index contributed by atoms with van der Waals surface area (Å²) in [6.45, 7) is 0.0261. The highest BCUT2D eigenvalue weighted by Gasteiger charge is 2.41. The van der Waals surface area contributed by atoms with Gasteiger partial charge in [-0.25, -0.2) is 13.8 Å². The first kappa shape index (κ1) is 13.8. The van der Waals surface area contributed by atoms with Crippen LogP contribution in [0.1, 0.15) is 12.8 Å². The Hall–Kier alpha value is -1.60. The summed E-state index contributed by atoms with van der Waals surface area (Å²) < 4.78 is 63.9. The third kappa shape index (κ3) is 2.87. The molecule has 106 valence electrons. The molecule has 0 aromatic carbocycles. The van der Waals surface area contributed by atoms with Crippen molar-refractivity contribution in [3.8, 4) is 0 Å². The van der Waals surface area contributed by atoms with E-state index in [-0.39, 0.29) is 31.7 Å². The van der Waals surface area contributed by atoms with E-state index in [1.54, 1.807) is 0 Å². The van der Waals surface area contributed by atoms with Gasteiger partial charge in [-0.05, 0) is 12.8 Å². The Morgan fingerprint density at radius 1 is 1.16 bits per heavy atom. The van der Waals surface area contributed by atoms with Crippen LogP contribution in [0, 0.1) is 17.6 Å². The molecule has 0 spiro atoms. The summed E-state index contributed by atoms with van der Waals surface area (Å²) in [5.41, 5.74) is 5.23. The number of halogens is 5. The lowest BCUT2D eigenvalue weighted by atomic mass is 9.96. The third-order valence-electron chi connectivity index (χ3n) is 3.20. The van der Waals surface area contributed by atoms with Gasteiger partial charge in [-0.15, -0.1) is 0 Å². The van der Waals surface area contributed by atoms with Gasteiger partial charge >= 0.3 is 6.18 Å². The van der Waals surface area contributed by atoms with E-state index < -0.39 is 29.5 Å². The van der Waals surface area contributed by atoms with Crippen molar-refractivity contribution in [2.45, 2.75) is 19.0 Å². The van der Waals surface area contributed by atoms with Crippen LogP contribution < -0.4 is 10.6 Å². The normalized spacial score (nSPS) is 17.8. The molecule has 2 rings (SSSR count). The first-order chi connectivity index (χ1) is 8.79. The Morgan fingerprint density at radius 2 is 1.74 bits per heavy atom. The Bertz CT molecular complexity index is 466. The van der Waals surface area contributed by atoms with Crippen molar-refractivity contribution in [1.29, 1.82) is 0 Å². The average Bonchev–Trinajstić information content (AvgIpc) is 2.33. The summed E-state index contributed by atoms with van der Waals surface area (Å²) in [6.07, 6.45) is -4.51. The number of nitrogen functional groups attached to an aromatic ring is 1. The summed E-state index contributed by atoms with van der Waals surface area (Å²) in [4.78, 5) is 4.91. The molecular formula is C11H12F5N3. The van der Waals surface area contributed by atoms with E-state index in [4.69, 9.17) is 5.73 Å². The van der Waals surface area contributed by atoms with E-state index >= 15 is 0 Å². The van der Waals surface area contributed by atoms with Gasteiger partial charge in [-0.2, -0.15) is 13.2 Å². The first-order valence-corrected chi connectivity index (χ1v) is 5.72. The number of pyridine rings is 1. The Morgan fingerprint density at radius 3 is 2.26 bits per heavy atom. The molecule has 2 N–H and O–H groups in total. The second-order valence-electron chi connectivity index (χ2n) is 4.46. The molecule has 0 radical (unpaired) electrons. The van der Waals surface area contributed by atoms with Gasteiger partial charge in [0, 0.05) is 19.2 Å². The lowest BCUT2D eigenvalue weighted by Gasteiger charge is -2.33. The van der Waals surface area contributed by atoms with Crippen LogP contribution in [0.15, 0.2) is 6.07 Å². The molecule has 1 aliphatic rings. The first-order valence-electron chi connectivity index (χ1n) is 5.72. The minimum Gasteiger partial charge on any atom is -0.381 e. The van der Waals surface area contributed by atoms with Gasteiger partial charge in [0.1, 0.15) is 0 Å². The van der Waals surface area contributed by atoms with Crippen LogP contribution in [0.4, 0.5) is 33.6 Å². The Kier molecular flexibility index (Phi) is 3.51. The second kappa shape index (κ2) is 4.82. The molecule has 0 atom stereocenters. The van der Waals surface area contributed by atoms with Crippen molar-refractivity contribution in [3.63, 3.8) is 0 Å². The van der Waals surface area contributed by atoms with Crippen LogP contribution in [-0.2, 0) is 0 Å². The molecule has 1 aliphatic heterocycles. The summed E-state index contributed by atoms with van der Waals surface area (Å²) in [5.74, 6) is -3.94. The number of anilines is 2. The van der Waals surface area contributed by atoms with Crippen LogP contribution in [0.5, 0.6) is 0 Å². The topological polar surface area (TPSA) is 42.1 Å². The van der Waals surface area contributed by atoms with E-state index in [1.807, 2.05) is 0 Å². The number of nitrogens with two attached hydrogens (primary N) is 1. The zero-order chi connectivity index (χ0) is 14.2. The molecule has 0 unspecified atom stereocenters. The fourth-order valence-electron chi connectivity index (χ4n) is 2.11. The van der Waals surface area contributed by atoms with Gasteiger partial charge in [0.25, 0.3) is 0 Å². The highest BCUT2D eigenvalue weighted by molar-refractivity contribution is 5.47. The molecule has 0 bridgehead atoms. The molecule has 2 heterocycles. The maximum Gasteiger partial charge on any atom is 0.391 e. The molecule has 0 amide bonds. The molecule has 0 aliphatic carbocycles. The Balaban J connectivity index is 2.12. The summed E-state index contributed by atoms with van der Waals surface area (Å²) >= 11 is 0. The maximum absolute atomic E-state index is 13.5. The molecule has 1 saturated heterocycles. The van der Waals surface area contributed by atoms with Gasteiger partial charge in [0.05, 0.1) is 5.92 Å². The van der Waals surface area contributed by atoms with Gasteiger partial charge in [-0.3, -0.25) is 0 Å². The highest BCUT2D eigenvalue weighted by Crippen LogP contribution is 2.35. The summed E-state index contributed by atoms with van der Waals surface area (Å²) in [5, 5.41) is 0. The van der Waals surface area contributed by atoms with Crippen molar-refractivity contribution in [1.82, 2.24) is 4.98 Å². The van der Waals surface area contributed by atoms with E-state index in [2.05, 4.69) is 4.98 Å². The number of hydrogen-bond acceptors (Lipinski definition) is 3. The van der Waals surface area contributed by atoms with Crippen LogP contribution in [0.3, 0.4) is 0 Å². The van der Waals surface area contributed by atoms with E-state index in [0.29, 0.717) is 6.07 Å². The molecular weight excluding hydrogens is 269 g/mol. The number of alkyl halides is 3. The van der Waals surface area contributed by atoms with Crippen LogP contribution in [0.2, 0.25) is 0 Å². The second-order valence-corrected chi connectivity index (χ2v) is 4.46. The minimum absolute atomic E-state index is 0.0131. The molecule has 1 fully saturated rings. The smallest absolute Gasteiger partial charge is 0.381 e. The monoisotopic (exact) mass is 281 g/mol. The molecule has 19 heavy (non-hydrogen) atoms. The number of piperidine rings is 1. The quantitative estimate of drug-likeness (QED) is 0.805. The summed E-state index contributed by atoms with van der Waals surface area (Å²) in [6, 6.07) is 0.591. The van der Waals surface area contributed by atoms with Gasteiger partial charge < -0.3 is 10.6 Å². The van der Waals surface area contributed by atoms with Crippen LogP contribution in [0.25, 0.3) is 0 Å². The van der Waals surface area contributed by atoms with Crippen molar-refractivity contribution in [2.24, 2.45) is 5.92 Å². The largest absolute Gasteiger partial charge is 0.391 e. The molecule has 8 heteroatoms. The van der Waals surface area contributed by atoms with Crippen molar-refractivity contribution in [2.75, 3.05) is 23.7 Å². The predicted octanol–water partition coefficient (Wildman–Crippen LogP) is 2.72. The lowest BCUT2D eigenvalue weighted by molar-refractivity contribution is -0.179. The van der Waals surface area contributed by atoms with Gasteiger partial charge in [0.15, 0.2) is 23.3 Å². The molecule has 0 saturated carbocycles.